The molecule has 0 aliphatic carbocycles. The lowest BCUT2D eigenvalue weighted by atomic mass is 10.0. The summed E-state index contributed by atoms with van der Waals surface area (Å²) >= 11 is 0. The molecular formula is C12H14F2O3. The summed E-state index contributed by atoms with van der Waals surface area (Å²) in [6.07, 6.45) is -2.08. The Morgan fingerprint density at radius 3 is 2.76 bits per heavy atom. The van der Waals surface area contributed by atoms with E-state index < -0.39 is 23.8 Å². The second-order valence-electron chi connectivity index (χ2n) is 4.02. The van der Waals surface area contributed by atoms with Crippen molar-refractivity contribution in [2.24, 2.45) is 0 Å². The fourth-order valence-corrected chi connectivity index (χ4v) is 1.82. The standard InChI is InChI=1S/C12H14F2O3/c1-7-2-3-8(13)10(11(7)14)12(15)9-6-16-4-5-17-9/h2-3,9,12,15H,4-6H2,1H3. The van der Waals surface area contributed by atoms with E-state index in [4.69, 9.17) is 9.47 Å². The average molecular weight is 244 g/mol. The van der Waals surface area contributed by atoms with Crippen LogP contribution in [0, 0.1) is 18.6 Å². The van der Waals surface area contributed by atoms with Crippen LogP contribution in [0.15, 0.2) is 12.1 Å². The van der Waals surface area contributed by atoms with Gasteiger partial charge in [-0.3, -0.25) is 0 Å². The van der Waals surface area contributed by atoms with Crippen molar-refractivity contribution in [3.8, 4) is 0 Å². The van der Waals surface area contributed by atoms with Crippen LogP contribution in [0.1, 0.15) is 17.2 Å². The van der Waals surface area contributed by atoms with Gasteiger partial charge in [0.05, 0.1) is 25.4 Å². The molecule has 1 fully saturated rings. The Morgan fingerprint density at radius 1 is 1.35 bits per heavy atom. The molecule has 1 heterocycles. The summed E-state index contributed by atoms with van der Waals surface area (Å²) in [6, 6.07) is 2.47. The van der Waals surface area contributed by atoms with Gasteiger partial charge < -0.3 is 14.6 Å². The summed E-state index contributed by atoms with van der Waals surface area (Å²) < 4.78 is 37.7. The van der Waals surface area contributed by atoms with Gasteiger partial charge in [-0.25, -0.2) is 8.78 Å². The zero-order valence-corrected chi connectivity index (χ0v) is 9.45. The van der Waals surface area contributed by atoms with Crippen molar-refractivity contribution in [1.29, 1.82) is 0 Å². The molecule has 1 N–H and O–H groups in total. The van der Waals surface area contributed by atoms with E-state index in [0.29, 0.717) is 13.2 Å². The number of benzene rings is 1. The number of hydrogen-bond acceptors (Lipinski definition) is 3. The van der Waals surface area contributed by atoms with Crippen molar-refractivity contribution in [2.45, 2.75) is 19.1 Å². The van der Waals surface area contributed by atoms with Gasteiger partial charge >= 0.3 is 0 Å². The molecule has 1 aliphatic heterocycles. The van der Waals surface area contributed by atoms with E-state index in [1.165, 1.54) is 13.0 Å². The average Bonchev–Trinajstić information content (AvgIpc) is 2.35. The smallest absolute Gasteiger partial charge is 0.134 e. The van der Waals surface area contributed by atoms with Crippen LogP contribution in [0.5, 0.6) is 0 Å². The lowest BCUT2D eigenvalue weighted by Crippen LogP contribution is -2.34. The zero-order valence-electron chi connectivity index (χ0n) is 9.45. The Bertz CT molecular complexity index is 403. The third-order valence-corrected chi connectivity index (χ3v) is 2.81. The highest BCUT2D eigenvalue weighted by Gasteiger charge is 2.29. The van der Waals surface area contributed by atoms with Crippen LogP contribution in [0.2, 0.25) is 0 Å². The fraction of sp³-hybridized carbons (Fsp3) is 0.500. The van der Waals surface area contributed by atoms with Crippen molar-refractivity contribution in [1.82, 2.24) is 0 Å². The molecular weight excluding hydrogens is 230 g/mol. The predicted octanol–water partition coefficient (Wildman–Crippen LogP) is 1.72. The molecule has 2 unspecified atom stereocenters. The quantitative estimate of drug-likeness (QED) is 0.861. The van der Waals surface area contributed by atoms with Crippen LogP contribution in [-0.4, -0.2) is 31.0 Å². The van der Waals surface area contributed by atoms with E-state index in [0.717, 1.165) is 6.07 Å². The maximum atomic E-state index is 13.8. The normalized spacial score (nSPS) is 22.5. The number of ether oxygens (including phenoxy) is 2. The molecule has 1 aromatic carbocycles. The molecule has 0 bridgehead atoms. The first-order valence-electron chi connectivity index (χ1n) is 5.43. The second-order valence-corrected chi connectivity index (χ2v) is 4.02. The topological polar surface area (TPSA) is 38.7 Å². The molecule has 3 nitrogen and oxygen atoms in total. The zero-order chi connectivity index (χ0) is 12.4. The third kappa shape index (κ3) is 2.46. The maximum absolute atomic E-state index is 13.8. The van der Waals surface area contributed by atoms with Crippen LogP contribution in [0.25, 0.3) is 0 Å². The molecule has 0 radical (unpaired) electrons. The Kier molecular flexibility index (Phi) is 3.71. The first-order valence-corrected chi connectivity index (χ1v) is 5.43. The number of hydrogen-bond donors (Lipinski definition) is 1. The summed E-state index contributed by atoms with van der Waals surface area (Å²) in [7, 11) is 0. The Balaban J connectivity index is 2.29. The van der Waals surface area contributed by atoms with Gasteiger partial charge in [-0.15, -0.1) is 0 Å². The molecule has 0 aromatic heterocycles. The Labute approximate surface area is 98.0 Å². The molecule has 0 saturated carbocycles. The van der Waals surface area contributed by atoms with Gasteiger partial charge in [-0.1, -0.05) is 6.07 Å². The molecule has 1 aromatic rings. The highest BCUT2D eigenvalue weighted by molar-refractivity contribution is 5.29. The molecule has 0 amide bonds. The molecule has 1 aliphatic rings. The highest BCUT2D eigenvalue weighted by atomic mass is 19.1. The van der Waals surface area contributed by atoms with Crippen LogP contribution in [0.3, 0.4) is 0 Å². The maximum Gasteiger partial charge on any atom is 0.134 e. The first kappa shape index (κ1) is 12.4. The number of aliphatic hydroxyl groups excluding tert-OH is 1. The molecule has 94 valence electrons. The van der Waals surface area contributed by atoms with Gasteiger partial charge in [0, 0.05) is 0 Å². The summed E-state index contributed by atoms with van der Waals surface area (Å²) in [6.45, 7) is 2.40. The van der Waals surface area contributed by atoms with Crippen molar-refractivity contribution in [3.63, 3.8) is 0 Å². The SMILES string of the molecule is Cc1ccc(F)c(C(O)C2COCCO2)c1F. The molecule has 17 heavy (non-hydrogen) atoms. The number of aryl methyl sites for hydroxylation is 1. The van der Waals surface area contributed by atoms with E-state index in [-0.39, 0.29) is 17.7 Å². The summed E-state index contributed by atoms with van der Waals surface area (Å²) in [5, 5.41) is 9.95. The van der Waals surface area contributed by atoms with E-state index in [9.17, 15) is 13.9 Å². The third-order valence-electron chi connectivity index (χ3n) is 2.81. The van der Waals surface area contributed by atoms with Crippen molar-refractivity contribution >= 4 is 0 Å². The number of rotatable bonds is 2. The largest absolute Gasteiger partial charge is 0.385 e. The highest BCUT2D eigenvalue weighted by Crippen LogP contribution is 2.27. The molecule has 0 spiro atoms. The summed E-state index contributed by atoms with van der Waals surface area (Å²) in [4.78, 5) is 0. The lowest BCUT2D eigenvalue weighted by molar-refractivity contribution is -0.134. The minimum atomic E-state index is -1.35. The second kappa shape index (κ2) is 5.08. The van der Waals surface area contributed by atoms with Crippen molar-refractivity contribution in [2.75, 3.05) is 19.8 Å². The fourth-order valence-electron chi connectivity index (χ4n) is 1.82. The molecule has 5 heteroatoms. The Hall–Kier alpha value is -1.04. The number of aliphatic hydroxyl groups is 1. The van der Waals surface area contributed by atoms with Crippen LogP contribution in [-0.2, 0) is 9.47 Å². The predicted molar refractivity (Wildman–Crippen MR) is 56.6 cm³/mol. The van der Waals surface area contributed by atoms with E-state index in [1.54, 1.807) is 0 Å². The Morgan fingerprint density at radius 2 is 2.12 bits per heavy atom. The van der Waals surface area contributed by atoms with Gasteiger partial charge in [-0.05, 0) is 18.6 Å². The summed E-state index contributed by atoms with van der Waals surface area (Å²) in [5.74, 6) is -1.50. The molecule has 1 saturated heterocycles. The van der Waals surface area contributed by atoms with Gasteiger partial charge in [0.15, 0.2) is 0 Å². The van der Waals surface area contributed by atoms with Gasteiger partial charge in [-0.2, -0.15) is 0 Å². The number of halogens is 2. The van der Waals surface area contributed by atoms with Crippen molar-refractivity contribution < 1.29 is 23.4 Å². The molecule has 2 atom stereocenters. The monoisotopic (exact) mass is 244 g/mol. The van der Waals surface area contributed by atoms with E-state index in [2.05, 4.69) is 0 Å². The van der Waals surface area contributed by atoms with Gasteiger partial charge in [0.25, 0.3) is 0 Å². The van der Waals surface area contributed by atoms with Gasteiger partial charge in [0.1, 0.15) is 23.8 Å². The van der Waals surface area contributed by atoms with Crippen LogP contribution >= 0.6 is 0 Å². The van der Waals surface area contributed by atoms with Crippen LogP contribution < -0.4 is 0 Å². The van der Waals surface area contributed by atoms with Crippen LogP contribution in [0.4, 0.5) is 8.78 Å². The molecule has 2 rings (SSSR count). The lowest BCUT2D eigenvalue weighted by Gasteiger charge is -2.27. The minimum absolute atomic E-state index is 0.133. The first-order chi connectivity index (χ1) is 8.11. The van der Waals surface area contributed by atoms with E-state index >= 15 is 0 Å². The van der Waals surface area contributed by atoms with E-state index in [1.807, 2.05) is 0 Å². The van der Waals surface area contributed by atoms with Gasteiger partial charge in [0.2, 0.25) is 0 Å². The minimum Gasteiger partial charge on any atom is -0.385 e. The summed E-state index contributed by atoms with van der Waals surface area (Å²) in [5.41, 5.74) is -0.0577. The van der Waals surface area contributed by atoms with Crippen molar-refractivity contribution in [3.05, 3.63) is 34.9 Å².